The Kier molecular flexibility index (Phi) is 1.96. The zero-order chi connectivity index (χ0) is 7.56. The fourth-order valence-electron chi connectivity index (χ4n) is 1.13. The lowest BCUT2D eigenvalue weighted by Crippen LogP contribution is -2.32. The van der Waals surface area contributed by atoms with Crippen molar-refractivity contribution in [3.8, 4) is 12.3 Å². The minimum absolute atomic E-state index is 0.0185. The molecule has 0 radical (unpaired) electrons. The van der Waals surface area contributed by atoms with Gasteiger partial charge in [0.1, 0.15) is 0 Å². The van der Waals surface area contributed by atoms with Gasteiger partial charge in [-0.15, -0.1) is 12.3 Å². The molecular weight excluding hydrogens is 128 g/mol. The van der Waals surface area contributed by atoms with Gasteiger partial charge < -0.3 is 4.74 Å². The summed E-state index contributed by atoms with van der Waals surface area (Å²) in [4.78, 5) is 10.8. The van der Waals surface area contributed by atoms with Crippen LogP contribution < -0.4 is 0 Å². The van der Waals surface area contributed by atoms with Gasteiger partial charge in [-0.2, -0.15) is 0 Å². The van der Waals surface area contributed by atoms with E-state index in [2.05, 4.69) is 10.7 Å². The molecule has 0 saturated heterocycles. The van der Waals surface area contributed by atoms with Crippen molar-refractivity contribution in [2.45, 2.75) is 12.8 Å². The molecule has 10 heavy (non-hydrogen) atoms. The highest BCUT2D eigenvalue weighted by molar-refractivity contribution is 5.74. The summed E-state index contributed by atoms with van der Waals surface area (Å²) in [5, 5.41) is 0. The van der Waals surface area contributed by atoms with Crippen molar-refractivity contribution in [3.05, 3.63) is 0 Å². The Labute approximate surface area is 60.6 Å². The van der Waals surface area contributed by atoms with Crippen molar-refractivity contribution in [2.75, 3.05) is 7.11 Å². The summed E-state index contributed by atoms with van der Waals surface area (Å²) >= 11 is 0. The van der Waals surface area contributed by atoms with E-state index in [9.17, 15) is 4.79 Å². The average molecular weight is 138 g/mol. The molecule has 0 aromatic carbocycles. The van der Waals surface area contributed by atoms with E-state index in [0.717, 1.165) is 12.8 Å². The Morgan fingerprint density at radius 3 is 2.70 bits per heavy atom. The molecule has 0 amide bonds. The number of methoxy groups -OCH3 is 1. The van der Waals surface area contributed by atoms with E-state index in [4.69, 9.17) is 6.42 Å². The number of hydrogen-bond acceptors (Lipinski definition) is 2. The van der Waals surface area contributed by atoms with Crippen molar-refractivity contribution in [2.24, 2.45) is 11.8 Å². The van der Waals surface area contributed by atoms with Gasteiger partial charge in [0, 0.05) is 5.92 Å². The van der Waals surface area contributed by atoms with Gasteiger partial charge in [0.2, 0.25) is 0 Å². The van der Waals surface area contributed by atoms with Crippen LogP contribution in [0.15, 0.2) is 0 Å². The van der Waals surface area contributed by atoms with Gasteiger partial charge >= 0.3 is 5.97 Å². The number of ether oxygens (including phenoxy) is 1. The van der Waals surface area contributed by atoms with Crippen LogP contribution in [0.2, 0.25) is 0 Å². The molecule has 54 valence electrons. The maximum atomic E-state index is 10.8. The van der Waals surface area contributed by atoms with Crippen molar-refractivity contribution in [1.29, 1.82) is 0 Å². The Bertz CT molecular complexity index is 178. The molecule has 2 atom stereocenters. The number of carbonyl (C=O) groups excluding carboxylic acids is 1. The summed E-state index contributed by atoms with van der Waals surface area (Å²) < 4.78 is 4.55. The van der Waals surface area contributed by atoms with Crippen LogP contribution >= 0.6 is 0 Å². The number of carbonyl (C=O) groups is 1. The molecule has 1 saturated carbocycles. The molecule has 0 aliphatic heterocycles. The molecular formula is C8H10O2. The minimum atomic E-state index is -0.158. The van der Waals surface area contributed by atoms with Crippen LogP contribution in [0.4, 0.5) is 0 Å². The predicted molar refractivity (Wildman–Crippen MR) is 37.1 cm³/mol. The molecule has 1 aliphatic rings. The summed E-state index contributed by atoms with van der Waals surface area (Å²) in [5.41, 5.74) is 0. The number of terminal acetylenes is 1. The Hall–Kier alpha value is -0.970. The molecule has 2 nitrogen and oxygen atoms in total. The average Bonchev–Trinajstić information content (AvgIpc) is 1.86. The van der Waals surface area contributed by atoms with Crippen molar-refractivity contribution in [3.63, 3.8) is 0 Å². The summed E-state index contributed by atoms with van der Waals surface area (Å²) in [6, 6.07) is 0. The standard InChI is InChI=1S/C8H10O2/c1-3-6-4-5-7(6)8(9)10-2/h1,6-7H,4-5H2,2H3. The SMILES string of the molecule is C#CC1CCC1C(=O)OC. The first-order valence-electron chi connectivity index (χ1n) is 3.33. The quantitative estimate of drug-likeness (QED) is 0.396. The second kappa shape index (κ2) is 2.74. The van der Waals surface area contributed by atoms with Crippen molar-refractivity contribution < 1.29 is 9.53 Å². The molecule has 0 spiro atoms. The van der Waals surface area contributed by atoms with Crippen LogP contribution in [-0.2, 0) is 9.53 Å². The third-order valence-corrected chi connectivity index (χ3v) is 1.99. The lowest BCUT2D eigenvalue weighted by atomic mass is 9.74. The summed E-state index contributed by atoms with van der Waals surface area (Å²) in [7, 11) is 1.40. The normalized spacial score (nSPS) is 30.0. The third-order valence-electron chi connectivity index (χ3n) is 1.99. The van der Waals surface area contributed by atoms with E-state index in [-0.39, 0.29) is 17.8 Å². The highest BCUT2D eigenvalue weighted by Crippen LogP contribution is 2.34. The van der Waals surface area contributed by atoms with Gasteiger partial charge in [0.15, 0.2) is 0 Å². The van der Waals surface area contributed by atoms with E-state index in [1.165, 1.54) is 7.11 Å². The third kappa shape index (κ3) is 0.995. The van der Waals surface area contributed by atoms with Crippen molar-refractivity contribution in [1.82, 2.24) is 0 Å². The molecule has 0 heterocycles. The summed E-state index contributed by atoms with van der Waals surface area (Å²) in [5.74, 6) is 2.52. The largest absolute Gasteiger partial charge is 0.469 e. The van der Waals surface area contributed by atoms with Gasteiger partial charge in [-0.3, -0.25) is 4.79 Å². The van der Waals surface area contributed by atoms with Crippen LogP contribution in [-0.4, -0.2) is 13.1 Å². The van der Waals surface area contributed by atoms with Gasteiger partial charge in [0.05, 0.1) is 13.0 Å². The smallest absolute Gasteiger partial charge is 0.309 e. The van der Waals surface area contributed by atoms with Crippen LogP contribution in [0.25, 0.3) is 0 Å². The van der Waals surface area contributed by atoms with Gasteiger partial charge in [-0.05, 0) is 12.8 Å². The molecule has 1 fully saturated rings. The fourth-order valence-corrected chi connectivity index (χ4v) is 1.13. The highest BCUT2D eigenvalue weighted by atomic mass is 16.5. The summed E-state index contributed by atoms with van der Waals surface area (Å²) in [6.45, 7) is 0. The lowest BCUT2D eigenvalue weighted by Gasteiger charge is -2.29. The topological polar surface area (TPSA) is 26.3 Å². The van der Waals surface area contributed by atoms with E-state index >= 15 is 0 Å². The van der Waals surface area contributed by atoms with E-state index in [1.54, 1.807) is 0 Å². The molecule has 0 aromatic rings. The fraction of sp³-hybridized carbons (Fsp3) is 0.625. The molecule has 2 heteroatoms. The second-order valence-corrected chi connectivity index (χ2v) is 2.48. The van der Waals surface area contributed by atoms with E-state index in [0.29, 0.717) is 0 Å². The molecule has 0 N–H and O–H groups in total. The zero-order valence-electron chi connectivity index (χ0n) is 5.96. The molecule has 0 bridgehead atoms. The first kappa shape index (κ1) is 7.14. The maximum Gasteiger partial charge on any atom is 0.309 e. The van der Waals surface area contributed by atoms with E-state index < -0.39 is 0 Å². The number of hydrogen-bond donors (Lipinski definition) is 0. The zero-order valence-corrected chi connectivity index (χ0v) is 5.96. The van der Waals surface area contributed by atoms with Gasteiger partial charge in [-0.25, -0.2) is 0 Å². The number of rotatable bonds is 1. The van der Waals surface area contributed by atoms with E-state index in [1.807, 2.05) is 0 Å². The van der Waals surface area contributed by atoms with Crippen molar-refractivity contribution >= 4 is 5.97 Å². The van der Waals surface area contributed by atoms with Gasteiger partial charge in [0.25, 0.3) is 0 Å². The predicted octanol–water partition coefficient (Wildman–Crippen LogP) is 0.819. The first-order chi connectivity index (χ1) is 4.79. The second-order valence-electron chi connectivity index (χ2n) is 2.48. The minimum Gasteiger partial charge on any atom is -0.469 e. The number of esters is 1. The molecule has 1 aliphatic carbocycles. The monoisotopic (exact) mass is 138 g/mol. The first-order valence-corrected chi connectivity index (χ1v) is 3.33. The Morgan fingerprint density at radius 2 is 2.40 bits per heavy atom. The van der Waals surface area contributed by atoms with Crippen LogP contribution in [0.3, 0.4) is 0 Å². The van der Waals surface area contributed by atoms with Crippen LogP contribution in [0, 0.1) is 24.2 Å². The van der Waals surface area contributed by atoms with Crippen LogP contribution in [0.1, 0.15) is 12.8 Å². The lowest BCUT2D eigenvalue weighted by molar-refractivity contribution is -0.150. The summed E-state index contributed by atoms with van der Waals surface area (Å²) in [6.07, 6.45) is 7.02. The molecule has 1 rings (SSSR count). The Balaban J connectivity index is 2.44. The van der Waals surface area contributed by atoms with Gasteiger partial charge in [-0.1, -0.05) is 0 Å². The Morgan fingerprint density at radius 1 is 1.70 bits per heavy atom. The molecule has 2 unspecified atom stereocenters. The highest BCUT2D eigenvalue weighted by Gasteiger charge is 2.35. The maximum absolute atomic E-state index is 10.8. The van der Waals surface area contributed by atoms with Crippen LogP contribution in [0.5, 0.6) is 0 Å². The molecule has 0 aromatic heterocycles.